The van der Waals surface area contributed by atoms with Crippen LogP contribution >= 0.6 is 34.7 Å². The minimum Gasteiger partial charge on any atom is -0.291 e. The van der Waals surface area contributed by atoms with E-state index in [0.29, 0.717) is 21.4 Å². The summed E-state index contributed by atoms with van der Waals surface area (Å²) < 4.78 is 2.84. The molecule has 0 spiro atoms. The molecule has 0 unspecified atom stereocenters. The fraction of sp³-hybridized carbons (Fsp3) is 0.174. The maximum atomic E-state index is 12.9. The molecule has 2 heterocycles. The van der Waals surface area contributed by atoms with Crippen LogP contribution in [0, 0.1) is 6.92 Å². The molecule has 0 bridgehead atoms. The molecule has 0 amide bonds. The van der Waals surface area contributed by atoms with E-state index in [1.54, 1.807) is 29.9 Å². The molecule has 5 nitrogen and oxygen atoms in total. The van der Waals surface area contributed by atoms with Crippen LogP contribution in [0.5, 0.6) is 0 Å². The molecular formula is C23H20ClN3O2S2. The molecule has 0 atom stereocenters. The van der Waals surface area contributed by atoms with E-state index < -0.39 is 0 Å². The molecule has 0 radical (unpaired) electrons. The topological polar surface area (TPSA) is 56.9 Å². The standard InChI is InChI=1S/C23H20ClN3O2S2/c1-15-21(28)27(12-16-6-4-3-5-7-16)23(29)26(2)22(15)31-14-19-13-30-20(25-19)17-8-10-18(24)11-9-17/h3-11,13H,12,14H2,1-2H3. The molecule has 0 fully saturated rings. The van der Waals surface area contributed by atoms with Gasteiger partial charge < -0.3 is 0 Å². The molecule has 4 aromatic rings. The first-order valence-electron chi connectivity index (χ1n) is 9.61. The van der Waals surface area contributed by atoms with E-state index >= 15 is 0 Å². The Hall–Kier alpha value is -2.61. The number of thiazole rings is 1. The van der Waals surface area contributed by atoms with Gasteiger partial charge in [0.25, 0.3) is 5.56 Å². The van der Waals surface area contributed by atoms with Crippen LogP contribution in [0.4, 0.5) is 0 Å². The number of hydrogen-bond donors (Lipinski definition) is 0. The largest absolute Gasteiger partial charge is 0.331 e. The third-order valence-corrected chi connectivity index (χ3v) is 7.38. The Bertz CT molecular complexity index is 1290. The Morgan fingerprint density at radius 3 is 2.48 bits per heavy atom. The molecule has 0 saturated heterocycles. The number of benzene rings is 2. The van der Waals surface area contributed by atoms with Crippen molar-refractivity contribution < 1.29 is 0 Å². The van der Waals surface area contributed by atoms with Crippen molar-refractivity contribution in [3.05, 3.63) is 103 Å². The molecule has 0 aliphatic rings. The van der Waals surface area contributed by atoms with Gasteiger partial charge in [0.1, 0.15) is 5.01 Å². The van der Waals surface area contributed by atoms with Crippen molar-refractivity contribution in [2.24, 2.45) is 7.05 Å². The number of thioether (sulfide) groups is 1. The lowest BCUT2D eigenvalue weighted by molar-refractivity contribution is 0.592. The van der Waals surface area contributed by atoms with E-state index in [-0.39, 0.29) is 17.8 Å². The molecule has 0 saturated carbocycles. The highest BCUT2D eigenvalue weighted by Gasteiger charge is 2.16. The van der Waals surface area contributed by atoms with Crippen molar-refractivity contribution in [2.75, 3.05) is 0 Å². The van der Waals surface area contributed by atoms with Crippen molar-refractivity contribution in [1.82, 2.24) is 14.1 Å². The van der Waals surface area contributed by atoms with Gasteiger partial charge in [-0.3, -0.25) is 13.9 Å². The zero-order chi connectivity index (χ0) is 22.0. The van der Waals surface area contributed by atoms with Gasteiger partial charge in [-0.15, -0.1) is 23.1 Å². The zero-order valence-corrected chi connectivity index (χ0v) is 19.4. The summed E-state index contributed by atoms with van der Waals surface area (Å²) in [6.07, 6.45) is 0. The second-order valence-corrected chi connectivity index (χ2v) is 9.35. The van der Waals surface area contributed by atoms with Gasteiger partial charge in [0.2, 0.25) is 0 Å². The summed E-state index contributed by atoms with van der Waals surface area (Å²) in [5.74, 6) is 0.570. The summed E-state index contributed by atoms with van der Waals surface area (Å²) in [5.41, 5.74) is 2.82. The minimum atomic E-state index is -0.318. The maximum Gasteiger partial charge on any atom is 0.331 e. The highest BCUT2D eigenvalue weighted by molar-refractivity contribution is 7.98. The second kappa shape index (κ2) is 9.26. The lowest BCUT2D eigenvalue weighted by Gasteiger charge is -2.14. The van der Waals surface area contributed by atoms with E-state index in [2.05, 4.69) is 4.98 Å². The summed E-state index contributed by atoms with van der Waals surface area (Å²) in [4.78, 5) is 30.5. The fourth-order valence-electron chi connectivity index (χ4n) is 3.25. The number of aromatic nitrogens is 3. The number of halogens is 1. The fourth-order valence-corrected chi connectivity index (χ4v) is 5.32. The van der Waals surface area contributed by atoms with Crippen LogP contribution in [-0.2, 0) is 19.3 Å². The maximum absolute atomic E-state index is 12.9. The van der Waals surface area contributed by atoms with Crippen molar-refractivity contribution >= 4 is 34.7 Å². The lowest BCUT2D eigenvalue weighted by atomic mass is 10.2. The first-order valence-corrected chi connectivity index (χ1v) is 11.9. The molecule has 31 heavy (non-hydrogen) atoms. The van der Waals surface area contributed by atoms with E-state index in [4.69, 9.17) is 11.6 Å². The molecule has 4 rings (SSSR count). The second-order valence-electron chi connectivity index (χ2n) is 7.09. The Morgan fingerprint density at radius 1 is 1.06 bits per heavy atom. The molecule has 2 aromatic carbocycles. The number of rotatable bonds is 6. The van der Waals surface area contributed by atoms with Gasteiger partial charge in [0.05, 0.1) is 17.3 Å². The Morgan fingerprint density at radius 2 is 1.77 bits per heavy atom. The first-order chi connectivity index (χ1) is 14.9. The van der Waals surface area contributed by atoms with Gasteiger partial charge in [0.15, 0.2) is 0 Å². The SMILES string of the molecule is Cc1c(SCc2csc(-c3ccc(Cl)cc3)n2)n(C)c(=O)n(Cc2ccccc2)c1=O. The van der Waals surface area contributed by atoms with Gasteiger partial charge >= 0.3 is 5.69 Å². The third kappa shape index (κ3) is 4.69. The average molecular weight is 470 g/mol. The number of hydrogen-bond acceptors (Lipinski definition) is 5. The van der Waals surface area contributed by atoms with E-state index in [1.165, 1.54) is 16.3 Å². The predicted octanol–water partition coefficient (Wildman–Crippen LogP) is 4.97. The molecule has 0 aliphatic heterocycles. The van der Waals surface area contributed by atoms with Crippen LogP contribution in [0.2, 0.25) is 5.02 Å². The van der Waals surface area contributed by atoms with Crippen LogP contribution in [0.3, 0.4) is 0 Å². The summed E-state index contributed by atoms with van der Waals surface area (Å²) in [5, 5.41) is 4.27. The molecule has 2 aromatic heterocycles. The summed E-state index contributed by atoms with van der Waals surface area (Å²) in [6.45, 7) is 2.03. The molecular weight excluding hydrogens is 450 g/mol. The van der Waals surface area contributed by atoms with Crippen LogP contribution < -0.4 is 11.2 Å². The molecule has 0 aliphatic carbocycles. The third-order valence-electron chi connectivity index (χ3n) is 4.89. The van der Waals surface area contributed by atoms with E-state index in [0.717, 1.165) is 21.8 Å². The van der Waals surface area contributed by atoms with Crippen LogP contribution in [0.25, 0.3) is 10.6 Å². The van der Waals surface area contributed by atoms with E-state index in [9.17, 15) is 9.59 Å². The molecule has 8 heteroatoms. The highest BCUT2D eigenvalue weighted by atomic mass is 35.5. The molecule has 0 N–H and O–H groups in total. The number of nitrogens with zero attached hydrogens (tertiary/aromatic N) is 3. The van der Waals surface area contributed by atoms with Crippen LogP contribution in [0.1, 0.15) is 16.8 Å². The summed E-state index contributed by atoms with van der Waals surface area (Å²) in [7, 11) is 1.71. The van der Waals surface area contributed by atoms with Gasteiger partial charge in [-0.1, -0.05) is 54.1 Å². The monoisotopic (exact) mass is 469 g/mol. The van der Waals surface area contributed by atoms with Crippen molar-refractivity contribution in [2.45, 2.75) is 24.2 Å². The Kier molecular flexibility index (Phi) is 6.46. The first kappa shape index (κ1) is 21.6. The van der Waals surface area contributed by atoms with Crippen molar-refractivity contribution in [1.29, 1.82) is 0 Å². The van der Waals surface area contributed by atoms with Gasteiger partial charge in [-0.05, 0) is 24.6 Å². The summed E-state index contributed by atoms with van der Waals surface area (Å²) >= 11 is 8.97. The summed E-state index contributed by atoms with van der Waals surface area (Å²) in [6, 6.07) is 17.1. The van der Waals surface area contributed by atoms with Crippen molar-refractivity contribution in [3.63, 3.8) is 0 Å². The zero-order valence-electron chi connectivity index (χ0n) is 17.0. The average Bonchev–Trinajstić information content (AvgIpc) is 3.25. The smallest absolute Gasteiger partial charge is 0.291 e. The van der Waals surface area contributed by atoms with Gasteiger partial charge in [-0.25, -0.2) is 9.78 Å². The van der Waals surface area contributed by atoms with Crippen LogP contribution in [0.15, 0.2) is 74.6 Å². The van der Waals surface area contributed by atoms with Gasteiger partial charge in [0, 0.05) is 34.3 Å². The van der Waals surface area contributed by atoms with E-state index in [1.807, 2.05) is 60.0 Å². The Balaban J connectivity index is 1.56. The van der Waals surface area contributed by atoms with Crippen LogP contribution in [-0.4, -0.2) is 14.1 Å². The normalized spacial score (nSPS) is 11.1. The predicted molar refractivity (Wildman–Crippen MR) is 128 cm³/mol. The minimum absolute atomic E-state index is 0.255. The lowest BCUT2D eigenvalue weighted by Crippen LogP contribution is -2.41. The van der Waals surface area contributed by atoms with Crippen molar-refractivity contribution in [3.8, 4) is 10.6 Å². The highest BCUT2D eigenvalue weighted by Crippen LogP contribution is 2.28. The van der Waals surface area contributed by atoms with Gasteiger partial charge in [-0.2, -0.15) is 0 Å². The quantitative estimate of drug-likeness (QED) is 0.295. The molecule has 158 valence electrons. The Labute approximate surface area is 193 Å².